The maximum atomic E-state index is 13.6. The van der Waals surface area contributed by atoms with E-state index in [4.69, 9.17) is 23.7 Å². The maximum absolute atomic E-state index is 13.6. The molecule has 3 N–H and O–H groups in total. The van der Waals surface area contributed by atoms with Gasteiger partial charge in [-0.1, -0.05) is 13.0 Å². The Morgan fingerprint density at radius 2 is 1.56 bits per heavy atom. The fourth-order valence-electron chi connectivity index (χ4n) is 5.72. The number of nitrogens with one attached hydrogen (secondary N) is 2. The van der Waals surface area contributed by atoms with Gasteiger partial charge in [0.15, 0.2) is 23.0 Å². The number of fused-ring (bicyclic) bond motifs is 3. The Morgan fingerprint density at radius 1 is 0.933 bits per heavy atom. The number of likely N-dealkylation sites (N-methyl/N-ethyl adjacent to an activating group) is 1. The highest BCUT2D eigenvalue weighted by Crippen LogP contribution is 2.35. The molecule has 0 saturated carbocycles. The molecule has 238 valence electrons. The van der Waals surface area contributed by atoms with Gasteiger partial charge in [0.1, 0.15) is 11.9 Å². The average molecular weight is 619 g/mol. The molecule has 45 heavy (non-hydrogen) atoms. The lowest BCUT2D eigenvalue weighted by Crippen LogP contribution is -2.47. The van der Waals surface area contributed by atoms with Crippen molar-refractivity contribution in [2.45, 2.75) is 39.0 Å². The van der Waals surface area contributed by atoms with Crippen LogP contribution in [0.25, 0.3) is 0 Å². The highest BCUT2D eigenvalue weighted by Gasteiger charge is 2.31. The predicted molar refractivity (Wildman–Crippen MR) is 166 cm³/mol. The average Bonchev–Trinajstić information content (AvgIpc) is 3.69. The molecule has 3 aromatic carbocycles. The number of ether oxygens (including phenoxy) is 5. The molecule has 0 bridgehead atoms. The van der Waals surface area contributed by atoms with Crippen LogP contribution < -0.4 is 34.3 Å². The number of nitrogens with zero attached hydrogens (tertiary/aromatic N) is 2. The van der Waals surface area contributed by atoms with Crippen LogP contribution in [-0.2, 0) is 17.8 Å². The lowest BCUT2D eigenvalue weighted by molar-refractivity contribution is -0.134. The molecule has 3 aliphatic heterocycles. The Morgan fingerprint density at radius 3 is 2.27 bits per heavy atom. The normalized spacial score (nSPS) is 19.2. The smallest absolute Gasteiger partial charge is 0.323 e. The Balaban J connectivity index is 1.19. The molecule has 0 unspecified atom stereocenters. The molecular formula is C33H38N4O8. The van der Waals surface area contributed by atoms with E-state index >= 15 is 0 Å². The minimum atomic E-state index is -0.448. The molecule has 0 fully saturated rings. The maximum Gasteiger partial charge on any atom is 0.323 e. The van der Waals surface area contributed by atoms with Crippen LogP contribution in [0.1, 0.15) is 25.0 Å². The minimum Gasteiger partial charge on any atom is -0.488 e. The third-order valence-electron chi connectivity index (χ3n) is 8.19. The molecule has 0 aliphatic carbocycles. The number of benzene rings is 3. The highest BCUT2D eigenvalue weighted by molar-refractivity contribution is 6.00. The van der Waals surface area contributed by atoms with Crippen LogP contribution in [0, 0.1) is 5.92 Å². The predicted octanol–water partition coefficient (Wildman–Crippen LogP) is 4.07. The quantitative estimate of drug-likeness (QED) is 0.342. The van der Waals surface area contributed by atoms with E-state index in [0.29, 0.717) is 53.8 Å². The van der Waals surface area contributed by atoms with Gasteiger partial charge in [-0.15, -0.1) is 0 Å². The summed E-state index contributed by atoms with van der Waals surface area (Å²) in [6, 6.07) is 15.6. The van der Waals surface area contributed by atoms with E-state index < -0.39 is 6.03 Å². The second-order valence-corrected chi connectivity index (χ2v) is 11.7. The standard InChI is InChI=1S/C33H38N4O8/c1-20-14-37(21(2)17-38)32(39)12-23-11-24(34-33(40)35-25-6-9-28-30(13-25)44-19-42-28)5-8-26(23)45-31(20)16-36(3)15-22-4-7-27-29(10-22)43-18-41-27/h4-11,13,20-21,31,38H,12,14-19H2,1-3H3,(H2,34,35,40)/t20-,21+,31-/m0/s1. The van der Waals surface area contributed by atoms with E-state index in [9.17, 15) is 14.7 Å². The molecule has 3 atom stereocenters. The molecule has 3 aliphatic rings. The van der Waals surface area contributed by atoms with Crippen LogP contribution in [0.4, 0.5) is 16.2 Å². The summed E-state index contributed by atoms with van der Waals surface area (Å²) in [5.74, 6) is 3.09. The van der Waals surface area contributed by atoms with Gasteiger partial charge in [0.2, 0.25) is 19.5 Å². The van der Waals surface area contributed by atoms with Crippen molar-refractivity contribution in [3.63, 3.8) is 0 Å². The number of carbonyl (C=O) groups is 2. The van der Waals surface area contributed by atoms with E-state index in [0.717, 1.165) is 17.1 Å². The summed E-state index contributed by atoms with van der Waals surface area (Å²) in [5.41, 5.74) is 2.79. The number of urea groups is 1. The van der Waals surface area contributed by atoms with Crippen LogP contribution in [0.2, 0.25) is 0 Å². The van der Waals surface area contributed by atoms with E-state index in [1.165, 1.54) is 0 Å². The van der Waals surface area contributed by atoms with Gasteiger partial charge in [0.05, 0.1) is 19.1 Å². The van der Waals surface area contributed by atoms with Crippen molar-refractivity contribution in [1.82, 2.24) is 9.80 Å². The molecule has 12 heteroatoms. The molecule has 6 rings (SSSR count). The first kappa shape index (κ1) is 30.4. The molecule has 12 nitrogen and oxygen atoms in total. The fraction of sp³-hybridized carbons (Fsp3) is 0.394. The Hall–Kier alpha value is -4.68. The van der Waals surface area contributed by atoms with E-state index in [1.807, 2.05) is 32.2 Å². The monoisotopic (exact) mass is 618 g/mol. The van der Waals surface area contributed by atoms with Gasteiger partial charge in [0.25, 0.3) is 0 Å². The number of aliphatic hydroxyl groups excluding tert-OH is 1. The lowest BCUT2D eigenvalue weighted by Gasteiger charge is -2.34. The van der Waals surface area contributed by atoms with Crippen LogP contribution in [-0.4, -0.2) is 79.3 Å². The topological polar surface area (TPSA) is 131 Å². The number of anilines is 2. The lowest BCUT2D eigenvalue weighted by atomic mass is 10.0. The van der Waals surface area contributed by atoms with Crippen molar-refractivity contribution in [2.75, 3.05) is 51.0 Å². The molecule has 0 radical (unpaired) electrons. The summed E-state index contributed by atoms with van der Waals surface area (Å²) in [4.78, 5) is 30.3. The van der Waals surface area contributed by atoms with Crippen molar-refractivity contribution in [3.8, 4) is 28.7 Å². The Bertz CT molecular complexity index is 1570. The number of rotatable bonds is 8. The molecule has 0 saturated heterocycles. The third-order valence-corrected chi connectivity index (χ3v) is 8.19. The molecular weight excluding hydrogens is 580 g/mol. The Labute approximate surface area is 261 Å². The van der Waals surface area contributed by atoms with Crippen molar-refractivity contribution >= 4 is 23.3 Å². The van der Waals surface area contributed by atoms with Crippen LogP contribution in [0.5, 0.6) is 28.7 Å². The fourth-order valence-corrected chi connectivity index (χ4v) is 5.72. The first-order chi connectivity index (χ1) is 21.7. The van der Waals surface area contributed by atoms with Gasteiger partial charge < -0.3 is 44.3 Å². The summed E-state index contributed by atoms with van der Waals surface area (Å²) in [6.45, 7) is 5.79. The van der Waals surface area contributed by atoms with E-state index in [1.54, 1.807) is 41.3 Å². The zero-order valence-corrected chi connectivity index (χ0v) is 25.6. The zero-order chi connectivity index (χ0) is 31.5. The number of hydrogen-bond donors (Lipinski definition) is 3. The summed E-state index contributed by atoms with van der Waals surface area (Å²) in [6.07, 6.45) is -0.207. The summed E-state index contributed by atoms with van der Waals surface area (Å²) in [7, 11) is 2.03. The molecule has 3 aromatic rings. The highest BCUT2D eigenvalue weighted by atomic mass is 16.7. The Kier molecular flexibility index (Phi) is 8.85. The van der Waals surface area contributed by atoms with Gasteiger partial charge in [-0.05, 0) is 62.0 Å². The minimum absolute atomic E-state index is 0.0432. The second kappa shape index (κ2) is 13.1. The molecule has 0 aromatic heterocycles. The molecule has 0 spiro atoms. The largest absolute Gasteiger partial charge is 0.488 e. The van der Waals surface area contributed by atoms with Gasteiger partial charge in [-0.25, -0.2) is 4.79 Å². The molecule has 3 heterocycles. The number of aliphatic hydroxyl groups is 1. The van der Waals surface area contributed by atoms with Crippen LogP contribution in [0.3, 0.4) is 0 Å². The van der Waals surface area contributed by atoms with Gasteiger partial charge in [-0.3, -0.25) is 9.69 Å². The van der Waals surface area contributed by atoms with Crippen molar-refractivity contribution in [2.24, 2.45) is 5.92 Å². The number of amides is 3. The van der Waals surface area contributed by atoms with Crippen molar-refractivity contribution in [1.29, 1.82) is 0 Å². The zero-order valence-electron chi connectivity index (χ0n) is 25.6. The molecule has 3 amide bonds. The van der Waals surface area contributed by atoms with Crippen molar-refractivity contribution < 1.29 is 38.4 Å². The second-order valence-electron chi connectivity index (χ2n) is 11.7. The summed E-state index contributed by atoms with van der Waals surface area (Å²) < 4.78 is 28.3. The van der Waals surface area contributed by atoms with Crippen LogP contribution in [0.15, 0.2) is 54.6 Å². The van der Waals surface area contributed by atoms with E-state index in [2.05, 4.69) is 22.5 Å². The first-order valence-corrected chi connectivity index (χ1v) is 15.0. The van der Waals surface area contributed by atoms with Crippen LogP contribution >= 0.6 is 0 Å². The number of hydrogen-bond acceptors (Lipinski definition) is 9. The first-order valence-electron chi connectivity index (χ1n) is 15.0. The third kappa shape index (κ3) is 7.02. The van der Waals surface area contributed by atoms with Gasteiger partial charge >= 0.3 is 6.03 Å². The van der Waals surface area contributed by atoms with Gasteiger partial charge in [0, 0.05) is 48.6 Å². The summed E-state index contributed by atoms with van der Waals surface area (Å²) >= 11 is 0. The number of carbonyl (C=O) groups excluding carboxylic acids is 2. The summed E-state index contributed by atoms with van der Waals surface area (Å²) in [5, 5.41) is 15.6. The SMILES string of the molecule is C[C@H](CO)N1C[C@H](C)[C@H](CN(C)Cc2ccc3c(c2)OCO3)Oc2ccc(NC(=O)Nc3ccc4c(c3)OCO4)cc2CC1=O. The van der Waals surface area contributed by atoms with E-state index in [-0.39, 0.29) is 50.6 Å². The van der Waals surface area contributed by atoms with Crippen molar-refractivity contribution in [3.05, 3.63) is 65.7 Å². The van der Waals surface area contributed by atoms with Gasteiger partial charge in [-0.2, -0.15) is 0 Å².